The summed E-state index contributed by atoms with van der Waals surface area (Å²) < 4.78 is 78.0. The normalized spacial score (nSPS) is 13.8. The van der Waals surface area contributed by atoms with E-state index >= 15 is 0 Å². The fraction of sp³-hybridized carbons (Fsp3) is 0.333. The standard InChI is InChI=1S/C30H35N3O12S2/c1-42-23-4-8-25(9-5-23)46(38,39)32(20-29(34)35)22-3-12-27(28(19-22)45-18-15-31-13-16-44-17-14-31)33(21-30(36)37)47(40,41)26-10-6-24(43-2)7-11-26/h3-12,19H,13-18,20-21H2,1-2H3,(H,34,35)(H,36,37). The Morgan fingerprint density at radius 1 is 0.766 bits per heavy atom. The van der Waals surface area contributed by atoms with Gasteiger partial charge in [-0.15, -0.1) is 0 Å². The number of hydrogen-bond donors (Lipinski definition) is 2. The maximum atomic E-state index is 13.9. The van der Waals surface area contributed by atoms with Crippen molar-refractivity contribution >= 4 is 43.4 Å². The van der Waals surface area contributed by atoms with Crippen LogP contribution in [-0.4, -0.2) is 111 Å². The van der Waals surface area contributed by atoms with Crippen molar-refractivity contribution in [3.63, 3.8) is 0 Å². The van der Waals surface area contributed by atoms with Crippen LogP contribution in [0.4, 0.5) is 11.4 Å². The van der Waals surface area contributed by atoms with E-state index in [2.05, 4.69) is 0 Å². The van der Waals surface area contributed by atoms with Gasteiger partial charge < -0.3 is 29.2 Å². The molecule has 0 spiro atoms. The Bertz CT molecular complexity index is 1760. The number of hydrogen-bond acceptors (Lipinski definition) is 11. The third-order valence-electron chi connectivity index (χ3n) is 7.12. The molecule has 4 rings (SSSR count). The second-order valence-corrected chi connectivity index (χ2v) is 13.8. The van der Waals surface area contributed by atoms with Gasteiger partial charge in [0, 0.05) is 25.7 Å². The fourth-order valence-corrected chi connectivity index (χ4v) is 7.53. The highest BCUT2D eigenvalue weighted by atomic mass is 32.2. The quantitative estimate of drug-likeness (QED) is 0.222. The van der Waals surface area contributed by atoms with Gasteiger partial charge in [-0.25, -0.2) is 16.8 Å². The largest absolute Gasteiger partial charge is 0.497 e. The smallest absolute Gasteiger partial charge is 0.324 e. The molecule has 0 radical (unpaired) electrons. The predicted molar refractivity (Wildman–Crippen MR) is 170 cm³/mol. The van der Waals surface area contributed by atoms with E-state index in [1.165, 1.54) is 80.9 Å². The van der Waals surface area contributed by atoms with Gasteiger partial charge in [0.05, 0.1) is 48.6 Å². The average molecular weight is 694 g/mol. The van der Waals surface area contributed by atoms with Gasteiger partial charge in [-0.1, -0.05) is 0 Å². The van der Waals surface area contributed by atoms with Crippen molar-refractivity contribution in [1.82, 2.24) is 4.90 Å². The van der Waals surface area contributed by atoms with Crippen LogP contribution in [0.25, 0.3) is 0 Å². The molecule has 0 unspecified atom stereocenters. The molecule has 0 aromatic heterocycles. The number of anilines is 2. The van der Waals surface area contributed by atoms with Gasteiger partial charge in [-0.3, -0.25) is 23.1 Å². The maximum absolute atomic E-state index is 13.9. The predicted octanol–water partition coefficient (Wildman–Crippen LogP) is 1.97. The molecule has 0 amide bonds. The first kappa shape index (κ1) is 35.3. The van der Waals surface area contributed by atoms with Gasteiger partial charge in [-0.05, 0) is 60.7 Å². The number of aliphatic carboxylic acids is 2. The van der Waals surface area contributed by atoms with Crippen LogP contribution in [0.2, 0.25) is 0 Å². The Morgan fingerprint density at radius 2 is 1.26 bits per heavy atom. The molecule has 2 N–H and O–H groups in total. The summed E-state index contributed by atoms with van der Waals surface area (Å²) in [5.41, 5.74) is -0.364. The summed E-state index contributed by atoms with van der Waals surface area (Å²) in [7, 11) is -6.18. The molecule has 0 atom stereocenters. The van der Waals surface area contributed by atoms with E-state index in [1.54, 1.807) is 0 Å². The number of nitrogens with zero attached hydrogens (tertiary/aromatic N) is 3. The Hall–Kier alpha value is -4.58. The zero-order valence-electron chi connectivity index (χ0n) is 25.6. The van der Waals surface area contributed by atoms with Crippen molar-refractivity contribution in [1.29, 1.82) is 0 Å². The zero-order valence-corrected chi connectivity index (χ0v) is 27.3. The fourth-order valence-electron chi connectivity index (χ4n) is 4.70. The molecule has 3 aromatic rings. The van der Waals surface area contributed by atoms with Crippen LogP contribution in [0.5, 0.6) is 17.2 Å². The summed E-state index contributed by atoms with van der Waals surface area (Å²) in [6.07, 6.45) is 0. The number of rotatable bonds is 16. The first-order chi connectivity index (χ1) is 22.4. The first-order valence-electron chi connectivity index (χ1n) is 14.2. The number of ether oxygens (including phenoxy) is 4. The molecule has 1 heterocycles. The molecule has 3 aromatic carbocycles. The lowest BCUT2D eigenvalue weighted by atomic mass is 10.2. The molecule has 1 fully saturated rings. The van der Waals surface area contributed by atoms with Crippen molar-refractivity contribution in [2.24, 2.45) is 0 Å². The van der Waals surface area contributed by atoms with Crippen molar-refractivity contribution in [3.8, 4) is 17.2 Å². The van der Waals surface area contributed by atoms with Crippen LogP contribution >= 0.6 is 0 Å². The summed E-state index contributed by atoms with van der Waals surface area (Å²) in [5.74, 6) is -2.36. The summed E-state index contributed by atoms with van der Waals surface area (Å²) >= 11 is 0. The van der Waals surface area contributed by atoms with Crippen LogP contribution in [0.15, 0.2) is 76.5 Å². The highest BCUT2D eigenvalue weighted by molar-refractivity contribution is 7.93. The minimum absolute atomic E-state index is 0.00408. The molecular formula is C30H35N3O12S2. The van der Waals surface area contributed by atoms with E-state index in [1.807, 2.05) is 4.90 Å². The summed E-state index contributed by atoms with van der Waals surface area (Å²) in [4.78, 5) is 25.4. The van der Waals surface area contributed by atoms with Gasteiger partial charge in [0.15, 0.2) is 0 Å². The van der Waals surface area contributed by atoms with E-state index in [0.29, 0.717) is 53.0 Å². The van der Waals surface area contributed by atoms with Crippen molar-refractivity contribution < 1.29 is 55.6 Å². The number of carbonyl (C=O) groups is 2. The molecule has 0 saturated carbocycles. The summed E-state index contributed by atoms with van der Waals surface area (Å²) in [6.45, 7) is 0.686. The van der Waals surface area contributed by atoms with E-state index < -0.39 is 45.1 Å². The maximum Gasteiger partial charge on any atom is 0.324 e. The Kier molecular flexibility index (Phi) is 11.5. The molecule has 1 aliphatic heterocycles. The SMILES string of the molecule is COc1ccc(S(=O)(=O)N(CC(=O)O)c2ccc(N(CC(=O)O)S(=O)(=O)c3ccc(OC)cc3)c(OCCN3CCOCC3)c2)cc1. The number of benzene rings is 3. The van der Waals surface area contributed by atoms with Crippen molar-refractivity contribution in [3.05, 3.63) is 66.7 Å². The molecule has 0 aliphatic carbocycles. The van der Waals surface area contributed by atoms with Crippen LogP contribution < -0.4 is 22.8 Å². The van der Waals surface area contributed by atoms with Gasteiger partial charge in [0.25, 0.3) is 20.0 Å². The number of carboxylic acid groups (broad SMARTS) is 2. The molecule has 254 valence electrons. The summed E-state index contributed by atoms with van der Waals surface area (Å²) in [6, 6.07) is 14.2. The molecule has 17 heteroatoms. The van der Waals surface area contributed by atoms with Gasteiger partial charge >= 0.3 is 11.9 Å². The monoisotopic (exact) mass is 693 g/mol. The Labute approximate surface area is 272 Å². The highest BCUT2D eigenvalue weighted by Crippen LogP contribution is 2.38. The molecule has 0 bridgehead atoms. The average Bonchev–Trinajstić information content (AvgIpc) is 3.06. The van der Waals surface area contributed by atoms with Gasteiger partial charge in [-0.2, -0.15) is 0 Å². The zero-order chi connectivity index (χ0) is 34.2. The topological polar surface area (TPSA) is 190 Å². The third-order valence-corrected chi connectivity index (χ3v) is 10.7. The van der Waals surface area contributed by atoms with Crippen LogP contribution in [0, 0.1) is 0 Å². The Morgan fingerprint density at radius 3 is 1.74 bits per heavy atom. The molecular weight excluding hydrogens is 658 g/mol. The minimum Gasteiger partial charge on any atom is -0.497 e. The summed E-state index contributed by atoms with van der Waals surface area (Å²) in [5, 5.41) is 19.4. The lowest BCUT2D eigenvalue weighted by Gasteiger charge is -2.29. The number of carboxylic acids is 2. The number of methoxy groups -OCH3 is 2. The first-order valence-corrected chi connectivity index (χ1v) is 17.1. The van der Waals surface area contributed by atoms with E-state index in [0.717, 1.165) is 0 Å². The van der Waals surface area contributed by atoms with Gasteiger partial charge in [0.2, 0.25) is 0 Å². The van der Waals surface area contributed by atoms with Crippen molar-refractivity contribution in [2.75, 3.05) is 75.4 Å². The van der Waals surface area contributed by atoms with Crippen LogP contribution in [0.1, 0.15) is 0 Å². The number of sulfonamides is 2. The van der Waals surface area contributed by atoms with Crippen LogP contribution in [-0.2, 0) is 34.4 Å². The second kappa shape index (κ2) is 15.3. The highest BCUT2D eigenvalue weighted by Gasteiger charge is 2.32. The molecule has 1 saturated heterocycles. The van der Waals surface area contributed by atoms with E-state index in [-0.39, 0.29) is 33.5 Å². The van der Waals surface area contributed by atoms with Gasteiger partial charge in [0.1, 0.15) is 36.9 Å². The molecule has 15 nitrogen and oxygen atoms in total. The lowest BCUT2D eigenvalue weighted by molar-refractivity contribution is -0.136. The lowest BCUT2D eigenvalue weighted by Crippen LogP contribution is -2.39. The van der Waals surface area contributed by atoms with E-state index in [4.69, 9.17) is 18.9 Å². The molecule has 1 aliphatic rings. The van der Waals surface area contributed by atoms with E-state index in [9.17, 15) is 36.6 Å². The van der Waals surface area contributed by atoms with Crippen LogP contribution in [0.3, 0.4) is 0 Å². The Balaban J connectivity index is 1.82. The minimum atomic E-state index is -4.52. The molecule has 47 heavy (non-hydrogen) atoms. The number of morpholine rings is 1. The third kappa shape index (κ3) is 8.62. The van der Waals surface area contributed by atoms with Crippen molar-refractivity contribution in [2.45, 2.75) is 9.79 Å². The second-order valence-electron chi connectivity index (χ2n) is 10.1.